The van der Waals surface area contributed by atoms with Crippen LogP contribution in [0.15, 0.2) is 41.1 Å². The van der Waals surface area contributed by atoms with Gasteiger partial charge in [-0.3, -0.25) is 0 Å². The van der Waals surface area contributed by atoms with Gasteiger partial charge < -0.3 is 14.5 Å². The van der Waals surface area contributed by atoms with Gasteiger partial charge in [0.25, 0.3) is 0 Å². The van der Waals surface area contributed by atoms with Crippen LogP contribution in [0.2, 0.25) is 0 Å². The summed E-state index contributed by atoms with van der Waals surface area (Å²) in [5.74, 6) is -1.16. The Hall–Kier alpha value is -2.56. The molecule has 0 amide bonds. The highest BCUT2D eigenvalue weighted by Gasteiger charge is 2.12. The molecule has 0 aliphatic heterocycles. The number of imidazole rings is 1. The Kier molecular flexibility index (Phi) is 1.98. The normalized spacial score (nSPS) is 10.8. The molecule has 2 heterocycles. The summed E-state index contributed by atoms with van der Waals surface area (Å²) in [6, 6.07) is 7.55. The molecule has 17 heavy (non-hydrogen) atoms. The number of carboxylic acids is 1. The fraction of sp³-hybridized carbons (Fsp3) is 0. The Bertz CT molecular complexity index is 696. The van der Waals surface area contributed by atoms with Crippen molar-refractivity contribution in [2.45, 2.75) is 0 Å². The van der Waals surface area contributed by atoms with Crippen LogP contribution in [-0.2, 0) is 0 Å². The highest BCUT2D eigenvalue weighted by molar-refractivity contribution is 5.93. The van der Waals surface area contributed by atoms with Gasteiger partial charge in [0.2, 0.25) is 5.82 Å². The Morgan fingerprint density at radius 3 is 2.94 bits per heavy atom. The predicted octanol–water partition coefficient (Wildman–Crippen LogP) is 2.52. The van der Waals surface area contributed by atoms with Crippen LogP contribution >= 0.6 is 0 Å². The third-order valence-electron chi connectivity index (χ3n) is 2.55. The van der Waals surface area contributed by atoms with Crippen molar-refractivity contribution in [2.75, 3.05) is 0 Å². The minimum Gasteiger partial charge on any atom is -0.475 e. The van der Waals surface area contributed by atoms with Crippen molar-refractivity contribution in [2.24, 2.45) is 0 Å². The predicted molar refractivity (Wildman–Crippen MR) is 60.8 cm³/mol. The molecule has 5 nitrogen and oxygen atoms in total. The van der Waals surface area contributed by atoms with Gasteiger partial charge in [-0.1, -0.05) is 18.2 Å². The molecule has 1 aromatic carbocycles. The number of hydrogen-bond acceptors (Lipinski definition) is 3. The Morgan fingerprint density at radius 1 is 1.35 bits per heavy atom. The molecule has 0 radical (unpaired) electrons. The van der Waals surface area contributed by atoms with E-state index >= 15 is 0 Å². The molecule has 0 spiro atoms. The summed E-state index contributed by atoms with van der Waals surface area (Å²) in [5, 5.41) is 9.72. The van der Waals surface area contributed by atoms with Gasteiger partial charge in [-0.15, -0.1) is 0 Å². The lowest BCUT2D eigenvalue weighted by molar-refractivity contribution is 0.0685. The molecule has 2 aromatic heterocycles. The van der Waals surface area contributed by atoms with Gasteiger partial charge in [0, 0.05) is 10.9 Å². The number of fused-ring (bicyclic) bond motifs is 1. The van der Waals surface area contributed by atoms with E-state index < -0.39 is 5.97 Å². The summed E-state index contributed by atoms with van der Waals surface area (Å²) in [7, 11) is 0. The first-order valence-electron chi connectivity index (χ1n) is 5.00. The van der Waals surface area contributed by atoms with E-state index in [9.17, 15) is 4.79 Å². The molecule has 0 aliphatic carbocycles. The van der Waals surface area contributed by atoms with Crippen LogP contribution < -0.4 is 0 Å². The number of H-pyrrole nitrogens is 1. The van der Waals surface area contributed by atoms with Crippen LogP contribution in [0.3, 0.4) is 0 Å². The smallest absolute Gasteiger partial charge is 0.371 e. The largest absolute Gasteiger partial charge is 0.475 e. The molecule has 84 valence electrons. The molecular formula is C12H8N2O3. The number of nitrogens with zero attached hydrogens (tertiary/aromatic N) is 1. The molecule has 3 aromatic rings. The monoisotopic (exact) mass is 228 g/mol. The standard InChI is InChI=1S/C12H8N2O3/c15-12(16)11-13-5-9(14-11)8-6-17-10-4-2-1-3-7(8)10/h1-6H,(H,13,14)(H,15,16). The van der Waals surface area contributed by atoms with Crippen LogP contribution in [0.5, 0.6) is 0 Å². The van der Waals surface area contributed by atoms with E-state index in [0.717, 1.165) is 16.5 Å². The van der Waals surface area contributed by atoms with Crippen molar-refractivity contribution in [1.29, 1.82) is 0 Å². The number of aromatic amines is 1. The van der Waals surface area contributed by atoms with Crippen LogP contribution in [0.25, 0.3) is 22.2 Å². The number of aromatic carboxylic acids is 1. The lowest BCUT2D eigenvalue weighted by Crippen LogP contribution is -1.98. The van der Waals surface area contributed by atoms with Crippen molar-refractivity contribution in [1.82, 2.24) is 9.97 Å². The summed E-state index contributed by atoms with van der Waals surface area (Å²) in [6.07, 6.45) is 3.07. The van der Waals surface area contributed by atoms with Gasteiger partial charge in [-0.2, -0.15) is 0 Å². The average molecular weight is 228 g/mol. The maximum absolute atomic E-state index is 10.7. The van der Waals surface area contributed by atoms with Crippen LogP contribution in [0.4, 0.5) is 0 Å². The fourth-order valence-electron chi connectivity index (χ4n) is 1.75. The number of furan rings is 1. The summed E-state index contributed by atoms with van der Waals surface area (Å²) in [5.41, 5.74) is 2.20. The topological polar surface area (TPSA) is 79.1 Å². The number of carbonyl (C=O) groups is 1. The number of carboxylic acid groups (broad SMARTS) is 1. The van der Waals surface area contributed by atoms with Gasteiger partial charge in [-0.05, 0) is 6.07 Å². The third kappa shape index (κ3) is 1.48. The first-order valence-corrected chi connectivity index (χ1v) is 5.00. The lowest BCUT2D eigenvalue weighted by Gasteiger charge is -1.92. The van der Waals surface area contributed by atoms with Crippen LogP contribution in [0.1, 0.15) is 10.6 Å². The van der Waals surface area contributed by atoms with E-state index in [1.165, 1.54) is 6.20 Å². The Labute approximate surface area is 95.7 Å². The first-order chi connectivity index (χ1) is 8.25. The molecule has 5 heteroatoms. The molecule has 2 N–H and O–H groups in total. The molecule has 0 aliphatic rings. The zero-order valence-corrected chi connectivity index (χ0v) is 8.68. The molecule has 0 unspecified atom stereocenters. The number of aromatic nitrogens is 2. The average Bonchev–Trinajstić information content (AvgIpc) is 2.95. The number of para-hydroxylation sites is 1. The van der Waals surface area contributed by atoms with E-state index in [0.29, 0.717) is 5.69 Å². The second-order valence-electron chi connectivity index (χ2n) is 3.60. The van der Waals surface area contributed by atoms with E-state index in [1.54, 1.807) is 6.26 Å². The number of hydrogen-bond donors (Lipinski definition) is 2. The van der Waals surface area contributed by atoms with E-state index in [2.05, 4.69) is 9.97 Å². The maximum Gasteiger partial charge on any atom is 0.371 e. The minimum atomic E-state index is -1.08. The zero-order chi connectivity index (χ0) is 11.8. The van der Waals surface area contributed by atoms with Gasteiger partial charge in [0.05, 0.1) is 11.9 Å². The summed E-state index contributed by atoms with van der Waals surface area (Å²) < 4.78 is 5.38. The molecule has 0 saturated heterocycles. The maximum atomic E-state index is 10.7. The quantitative estimate of drug-likeness (QED) is 0.706. The molecule has 0 fully saturated rings. The second kappa shape index (κ2) is 3.48. The van der Waals surface area contributed by atoms with Crippen molar-refractivity contribution in [3.63, 3.8) is 0 Å². The number of benzene rings is 1. The van der Waals surface area contributed by atoms with Gasteiger partial charge >= 0.3 is 5.97 Å². The van der Waals surface area contributed by atoms with Crippen LogP contribution in [-0.4, -0.2) is 21.0 Å². The van der Waals surface area contributed by atoms with E-state index in [-0.39, 0.29) is 5.82 Å². The third-order valence-corrected chi connectivity index (χ3v) is 2.55. The van der Waals surface area contributed by atoms with Gasteiger partial charge in [0.15, 0.2) is 0 Å². The molecule has 0 saturated carbocycles. The highest BCUT2D eigenvalue weighted by atomic mass is 16.4. The summed E-state index contributed by atoms with van der Waals surface area (Å²) >= 11 is 0. The Balaban J connectivity index is 2.17. The van der Waals surface area contributed by atoms with Crippen molar-refractivity contribution < 1.29 is 14.3 Å². The summed E-state index contributed by atoms with van der Waals surface area (Å²) in [6.45, 7) is 0. The number of rotatable bonds is 2. The zero-order valence-electron chi connectivity index (χ0n) is 8.68. The molecule has 0 bridgehead atoms. The highest BCUT2D eigenvalue weighted by Crippen LogP contribution is 2.28. The van der Waals surface area contributed by atoms with Crippen molar-refractivity contribution in [3.8, 4) is 11.3 Å². The van der Waals surface area contributed by atoms with Crippen molar-refractivity contribution in [3.05, 3.63) is 42.5 Å². The molecule has 3 rings (SSSR count). The molecular weight excluding hydrogens is 220 g/mol. The van der Waals surface area contributed by atoms with E-state index in [1.807, 2.05) is 24.3 Å². The van der Waals surface area contributed by atoms with Crippen LogP contribution in [0, 0.1) is 0 Å². The lowest BCUT2D eigenvalue weighted by atomic mass is 10.1. The minimum absolute atomic E-state index is 0.0784. The summed E-state index contributed by atoms with van der Waals surface area (Å²) in [4.78, 5) is 17.2. The van der Waals surface area contributed by atoms with Gasteiger partial charge in [0.1, 0.15) is 11.8 Å². The van der Waals surface area contributed by atoms with Crippen molar-refractivity contribution >= 4 is 16.9 Å². The fourth-order valence-corrected chi connectivity index (χ4v) is 1.75. The number of nitrogens with one attached hydrogen (secondary N) is 1. The first kappa shape index (κ1) is 9.65. The second-order valence-corrected chi connectivity index (χ2v) is 3.60. The van der Waals surface area contributed by atoms with Gasteiger partial charge in [-0.25, -0.2) is 9.78 Å². The van der Waals surface area contributed by atoms with E-state index in [4.69, 9.17) is 9.52 Å². The Morgan fingerprint density at radius 2 is 2.18 bits per heavy atom. The SMILES string of the molecule is O=C(O)c1ncc(-c2coc3ccccc23)[nH]1. The molecule has 0 atom stereocenters.